The van der Waals surface area contributed by atoms with Crippen molar-refractivity contribution in [2.75, 3.05) is 11.9 Å². The maximum absolute atomic E-state index is 4.27. The molecule has 2 rings (SSSR count). The third-order valence-electron chi connectivity index (χ3n) is 1.50. The molecule has 5 heteroatoms. The van der Waals surface area contributed by atoms with Gasteiger partial charge in [-0.25, -0.2) is 9.50 Å². The van der Waals surface area contributed by atoms with Gasteiger partial charge in [-0.15, -0.1) is 5.10 Å². The molecule has 1 N–H and O–H groups in total. The summed E-state index contributed by atoms with van der Waals surface area (Å²) in [6.45, 7) is 3.10. The molecule has 64 valence electrons. The molecule has 0 radical (unpaired) electrons. The molecule has 0 aliphatic rings. The van der Waals surface area contributed by atoms with Crippen molar-refractivity contribution in [1.82, 2.24) is 14.6 Å². The monoisotopic (exact) mass is 182 g/mol. The van der Waals surface area contributed by atoms with E-state index in [9.17, 15) is 0 Å². The van der Waals surface area contributed by atoms with E-state index in [1.165, 1.54) is 0 Å². The zero-order valence-corrected chi connectivity index (χ0v) is 7.64. The van der Waals surface area contributed by atoms with Crippen LogP contribution >= 0.6 is 11.3 Å². The lowest BCUT2D eigenvalue weighted by molar-refractivity contribution is 0.934. The second kappa shape index (κ2) is 3.10. The Bertz CT molecular complexity index is 336. The predicted molar refractivity (Wildman–Crippen MR) is 49.6 cm³/mol. The molecule has 4 nitrogen and oxygen atoms in total. The summed E-state index contributed by atoms with van der Waals surface area (Å²) in [6.07, 6.45) is 4.72. The minimum Gasteiger partial charge on any atom is -0.360 e. The second-order valence-corrected chi connectivity index (χ2v) is 3.44. The summed E-state index contributed by atoms with van der Waals surface area (Å²) in [7, 11) is 0. The van der Waals surface area contributed by atoms with Gasteiger partial charge in [0, 0.05) is 12.7 Å². The van der Waals surface area contributed by atoms with Crippen LogP contribution in [0.25, 0.3) is 4.96 Å². The van der Waals surface area contributed by atoms with E-state index >= 15 is 0 Å². The Morgan fingerprint density at radius 3 is 3.33 bits per heavy atom. The van der Waals surface area contributed by atoms with Crippen LogP contribution in [0.4, 0.5) is 5.13 Å². The number of imidazole rings is 1. The van der Waals surface area contributed by atoms with Crippen molar-refractivity contribution in [3.63, 3.8) is 0 Å². The van der Waals surface area contributed by atoms with Gasteiger partial charge in [-0.05, 0) is 6.42 Å². The Kier molecular flexibility index (Phi) is 1.95. The number of hydrogen-bond acceptors (Lipinski definition) is 4. The van der Waals surface area contributed by atoms with Crippen LogP contribution in [0.1, 0.15) is 13.3 Å². The molecule has 12 heavy (non-hydrogen) atoms. The molecule has 0 fully saturated rings. The average molecular weight is 182 g/mol. The van der Waals surface area contributed by atoms with Crippen molar-refractivity contribution in [2.45, 2.75) is 13.3 Å². The summed E-state index contributed by atoms with van der Waals surface area (Å²) in [5.74, 6) is 0. The Hall–Kier alpha value is -1.10. The maximum atomic E-state index is 4.27. The largest absolute Gasteiger partial charge is 0.360 e. The Labute approximate surface area is 74.2 Å². The molecule has 2 aromatic rings. The number of fused-ring (bicyclic) bond motifs is 1. The second-order valence-electron chi connectivity index (χ2n) is 2.49. The quantitative estimate of drug-likeness (QED) is 0.784. The molecule has 2 heterocycles. The zero-order chi connectivity index (χ0) is 8.39. The highest BCUT2D eigenvalue weighted by Crippen LogP contribution is 2.16. The molecule has 0 aromatic carbocycles. The molecule has 0 saturated heterocycles. The Morgan fingerprint density at radius 1 is 1.67 bits per heavy atom. The molecule has 2 aromatic heterocycles. The van der Waals surface area contributed by atoms with Gasteiger partial charge in [0.1, 0.15) is 0 Å². The topological polar surface area (TPSA) is 42.2 Å². The average Bonchev–Trinajstić information content (AvgIpc) is 2.58. The van der Waals surface area contributed by atoms with Gasteiger partial charge in [-0.1, -0.05) is 18.3 Å². The number of hydrogen-bond donors (Lipinski definition) is 1. The van der Waals surface area contributed by atoms with Crippen LogP contribution in [0.15, 0.2) is 12.4 Å². The van der Waals surface area contributed by atoms with Crippen LogP contribution in [-0.4, -0.2) is 21.1 Å². The third-order valence-corrected chi connectivity index (χ3v) is 2.40. The van der Waals surface area contributed by atoms with Crippen molar-refractivity contribution in [1.29, 1.82) is 0 Å². The van der Waals surface area contributed by atoms with Gasteiger partial charge in [0.05, 0.1) is 6.20 Å². The number of nitrogens with zero attached hydrogens (tertiary/aromatic N) is 3. The minimum absolute atomic E-state index is 0.939. The van der Waals surface area contributed by atoms with Crippen LogP contribution in [0.5, 0.6) is 0 Å². The fraction of sp³-hybridized carbons (Fsp3) is 0.429. The van der Waals surface area contributed by atoms with Gasteiger partial charge in [0.25, 0.3) is 0 Å². The minimum atomic E-state index is 0.939. The van der Waals surface area contributed by atoms with E-state index in [0.29, 0.717) is 0 Å². The van der Waals surface area contributed by atoms with Crippen LogP contribution in [0.2, 0.25) is 0 Å². The van der Waals surface area contributed by atoms with Gasteiger partial charge < -0.3 is 5.32 Å². The maximum Gasteiger partial charge on any atom is 0.213 e. The van der Waals surface area contributed by atoms with Crippen molar-refractivity contribution in [2.24, 2.45) is 0 Å². The first-order chi connectivity index (χ1) is 5.90. The standard InChI is InChI=1S/C7H10N4S/c1-2-3-8-6-10-11-5-4-9-7(11)12-6/h4-5H,2-3H2,1H3,(H,8,10). The number of aromatic nitrogens is 3. The van der Waals surface area contributed by atoms with Crippen molar-refractivity contribution < 1.29 is 0 Å². The highest BCUT2D eigenvalue weighted by atomic mass is 32.1. The molecule has 0 saturated carbocycles. The lowest BCUT2D eigenvalue weighted by Crippen LogP contribution is -1.99. The fourth-order valence-corrected chi connectivity index (χ4v) is 1.73. The van der Waals surface area contributed by atoms with E-state index in [-0.39, 0.29) is 0 Å². The van der Waals surface area contributed by atoms with Crippen molar-refractivity contribution in [3.8, 4) is 0 Å². The van der Waals surface area contributed by atoms with Crippen LogP contribution < -0.4 is 5.32 Å². The Balaban J connectivity index is 2.21. The molecule has 0 aliphatic carbocycles. The van der Waals surface area contributed by atoms with E-state index in [2.05, 4.69) is 22.3 Å². The third kappa shape index (κ3) is 1.27. The van der Waals surface area contributed by atoms with Crippen LogP contribution in [0, 0.1) is 0 Å². The van der Waals surface area contributed by atoms with Gasteiger partial charge in [-0.3, -0.25) is 0 Å². The summed E-state index contributed by atoms with van der Waals surface area (Å²) >= 11 is 1.57. The van der Waals surface area contributed by atoms with Crippen LogP contribution in [0.3, 0.4) is 0 Å². The SMILES string of the molecule is CCCNc1nn2ccnc2s1. The lowest BCUT2D eigenvalue weighted by Gasteiger charge is -1.95. The number of anilines is 1. The fourth-order valence-electron chi connectivity index (χ4n) is 0.940. The molecule has 0 aliphatic heterocycles. The molecule has 0 amide bonds. The summed E-state index contributed by atoms with van der Waals surface area (Å²) in [6, 6.07) is 0. The molecule has 0 spiro atoms. The first-order valence-corrected chi connectivity index (χ1v) is 4.76. The molecule has 0 atom stereocenters. The van der Waals surface area contributed by atoms with Crippen molar-refractivity contribution in [3.05, 3.63) is 12.4 Å². The van der Waals surface area contributed by atoms with E-state index in [1.54, 1.807) is 22.0 Å². The summed E-state index contributed by atoms with van der Waals surface area (Å²) in [5.41, 5.74) is 0. The normalized spacial score (nSPS) is 10.8. The highest BCUT2D eigenvalue weighted by Gasteiger charge is 2.01. The number of rotatable bonds is 3. The van der Waals surface area contributed by atoms with E-state index in [0.717, 1.165) is 23.1 Å². The lowest BCUT2D eigenvalue weighted by atomic mass is 10.5. The molecule has 0 unspecified atom stereocenters. The van der Waals surface area contributed by atoms with E-state index in [1.807, 2.05) is 6.20 Å². The first kappa shape index (κ1) is 7.54. The van der Waals surface area contributed by atoms with E-state index < -0.39 is 0 Å². The van der Waals surface area contributed by atoms with Gasteiger partial charge in [-0.2, -0.15) is 0 Å². The summed E-state index contributed by atoms with van der Waals surface area (Å²) < 4.78 is 1.78. The van der Waals surface area contributed by atoms with Gasteiger partial charge in [0.2, 0.25) is 10.1 Å². The molecule has 0 bridgehead atoms. The van der Waals surface area contributed by atoms with Crippen LogP contribution in [-0.2, 0) is 0 Å². The summed E-state index contributed by atoms with van der Waals surface area (Å²) in [4.78, 5) is 5.06. The first-order valence-electron chi connectivity index (χ1n) is 3.94. The van der Waals surface area contributed by atoms with E-state index in [4.69, 9.17) is 0 Å². The predicted octanol–water partition coefficient (Wildman–Crippen LogP) is 1.61. The summed E-state index contributed by atoms with van der Waals surface area (Å²) in [5, 5.41) is 8.43. The zero-order valence-electron chi connectivity index (χ0n) is 6.82. The Morgan fingerprint density at radius 2 is 2.58 bits per heavy atom. The highest BCUT2D eigenvalue weighted by molar-refractivity contribution is 7.20. The van der Waals surface area contributed by atoms with Gasteiger partial charge in [0.15, 0.2) is 0 Å². The van der Waals surface area contributed by atoms with Crippen molar-refractivity contribution >= 4 is 21.4 Å². The molecular weight excluding hydrogens is 172 g/mol. The molecular formula is C7H10N4S. The smallest absolute Gasteiger partial charge is 0.213 e. The van der Waals surface area contributed by atoms with Gasteiger partial charge >= 0.3 is 0 Å². The number of nitrogens with one attached hydrogen (secondary N) is 1.